The molecule has 1 saturated carbocycles. The van der Waals surface area contributed by atoms with E-state index in [1.165, 1.54) is 28.4 Å². The third kappa shape index (κ3) is 2.86. The predicted octanol–water partition coefficient (Wildman–Crippen LogP) is -0.260. The standard InChI is InChI=1S/C18H32O10/c1-15(21-5)17(3,23-7)27-13-11(25-15)9(19)10(20)12-14(13)28-18(4,24-8)16(2,22-6)26-12/h9-14,19-20H,1-8H3/t9-,10-,11-,12-,13+,14+,15+,16+,17+,18+/m1/s1. The van der Waals surface area contributed by atoms with Crippen LogP contribution in [0.5, 0.6) is 0 Å². The molecule has 2 saturated heterocycles. The summed E-state index contributed by atoms with van der Waals surface area (Å²) in [5, 5.41) is 21.5. The Balaban J connectivity index is 2.01. The second-order valence-electron chi connectivity index (χ2n) is 7.91. The van der Waals surface area contributed by atoms with Crippen LogP contribution in [0.1, 0.15) is 27.7 Å². The van der Waals surface area contributed by atoms with Crippen LogP contribution in [-0.2, 0) is 37.9 Å². The lowest BCUT2D eigenvalue weighted by Crippen LogP contribution is -2.79. The maximum absolute atomic E-state index is 10.8. The maximum Gasteiger partial charge on any atom is 0.220 e. The molecule has 3 aliphatic rings. The molecular weight excluding hydrogens is 376 g/mol. The summed E-state index contributed by atoms with van der Waals surface area (Å²) in [6.07, 6.45) is -6.24. The number of fused-ring (bicyclic) bond motifs is 3. The minimum atomic E-state index is -1.34. The molecule has 164 valence electrons. The number of hydrogen-bond donors (Lipinski definition) is 2. The van der Waals surface area contributed by atoms with Crippen LogP contribution < -0.4 is 0 Å². The Morgan fingerprint density at radius 2 is 0.714 bits per heavy atom. The minimum absolute atomic E-state index is 0.840. The Bertz CT molecular complexity index is 541. The molecule has 0 bridgehead atoms. The topological polar surface area (TPSA) is 114 Å². The van der Waals surface area contributed by atoms with Gasteiger partial charge in [-0.15, -0.1) is 0 Å². The van der Waals surface area contributed by atoms with Gasteiger partial charge >= 0.3 is 0 Å². The number of aliphatic hydroxyl groups excluding tert-OH is 2. The Morgan fingerprint density at radius 3 is 0.929 bits per heavy atom. The van der Waals surface area contributed by atoms with E-state index in [-0.39, 0.29) is 0 Å². The molecule has 2 heterocycles. The minimum Gasteiger partial charge on any atom is -0.387 e. The SMILES string of the molecule is CO[C@@]1(C)O[C@@H]2[C@H]3O[C@](C)(OC)[C@@](C)(OC)O[C@@H]3[C@H](O)[C@@H](O)[C@H]2O[C@]1(C)OC. The van der Waals surface area contributed by atoms with E-state index in [1.54, 1.807) is 27.7 Å². The van der Waals surface area contributed by atoms with Gasteiger partial charge in [0.1, 0.15) is 36.6 Å². The summed E-state index contributed by atoms with van der Waals surface area (Å²) in [6, 6.07) is 0. The molecule has 0 aromatic heterocycles. The molecule has 28 heavy (non-hydrogen) atoms. The molecule has 1 aliphatic carbocycles. The number of aliphatic hydroxyl groups is 2. The molecule has 10 atom stereocenters. The second-order valence-corrected chi connectivity index (χ2v) is 7.91. The van der Waals surface area contributed by atoms with Gasteiger partial charge in [0.25, 0.3) is 0 Å². The molecule has 3 rings (SSSR count). The Hall–Kier alpha value is -0.400. The fourth-order valence-corrected chi connectivity index (χ4v) is 4.09. The molecule has 2 aliphatic heterocycles. The zero-order chi connectivity index (χ0) is 21.1. The molecule has 10 nitrogen and oxygen atoms in total. The van der Waals surface area contributed by atoms with Crippen molar-refractivity contribution in [3.05, 3.63) is 0 Å². The van der Waals surface area contributed by atoms with Crippen LogP contribution in [0.3, 0.4) is 0 Å². The average molecular weight is 408 g/mol. The first-order valence-electron chi connectivity index (χ1n) is 9.23. The number of ether oxygens (including phenoxy) is 8. The van der Waals surface area contributed by atoms with E-state index in [4.69, 9.17) is 37.9 Å². The highest BCUT2D eigenvalue weighted by Crippen LogP contribution is 2.49. The summed E-state index contributed by atoms with van der Waals surface area (Å²) >= 11 is 0. The van der Waals surface area contributed by atoms with Gasteiger partial charge in [0.15, 0.2) is 0 Å². The van der Waals surface area contributed by atoms with Crippen molar-refractivity contribution in [2.75, 3.05) is 28.4 Å². The van der Waals surface area contributed by atoms with Crippen molar-refractivity contribution in [2.24, 2.45) is 0 Å². The molecule has 3 fully saturated rings. The monoisotopic (exact) mass is 408 g/mol. The van der Waals surface area contributed by atoms with Crippen molar-refractivity contribution in [3.8, 4) is 0 Å². The van der Waals surface area contributed by atoms with Gasteiger partial charge in [-0.05, 0) is 27.7 Å². The van der Waals surface area contributed by atoms with E-state index in [2.05, 4.69) is 0 Å². The van der Waals surface area contributed by atoms with Gasteiger partial charge in [-0.1, -0.05) is 0 Å². The first-order valence-corrected chi connectivity index (χ1v) is 9.23. The van der Waals surface area contributed by atoms with Gasteiger partial charge in [-0.3, -0.25) is 0 Å². The quantitative estimate of drug-likeness (QED) is 0.645. The van der Waals surface area contributed by atoms with Crippen LogP contribution >= 0.6 is 0 Å². The molecule has 0 aromatic rings. The smallest absolute Gasteiger partial charge is 0.220 e. The highest BCUT2D eigenvalue weighted by molar-refractivity contribution is 5.09. The third-order valence-electron chi connectivity index (χ3n) is 6.65. The molecule has 10 heteroatoms. The van der Waals surface area contributed by atoms with E-state index < -0.39 is 59.8 Å². The zero-order valence-electron chi connectivity index (χ0n) is 17.6. The molecule has 0 spiro atoms. The van der Waals surface area contributed by atoms with E-state index in [0.717, 1.165) is 0 Å². The summed E-state index contributed by atoms with van der Waals surface area (Å²) in [7, 11) is 5.82. The van der Waals surface area contributed by atoms with Gasteiger partial charge in [-0.2, -0.15) is 0 Å². The number of rotatable bonds is 4. The maximum atomic E-state index is 10.8. The van der Waals surface area contributed by atoms with Gasteiger partial charge in [0.05, 0.1) is 0 Å². The van der Waals surface area contributed by atoms with Crippen LogP contribution in [0.2, 0.25) is 0 Å². The van der Waals surface area contributed by atoms with Crippen molar-refractivity contribution in [1.82, 2.24) is 0 Å². The van der Waals surface area contributed by atoms with Gasteiger partial charge in [0.2, 0.25) is 23.1 Å². The Kier molecular flexibility index (Phi) is 5.64. The number of methoxy groups -OCH3 is 4. The lowest BCUT2D eigenvalue weighted by atomic mass is 9.81. The molecule has 0 amide bonds. The summed E-state index contributed by atoms with van der Waals surface area (Å²) in [5.41, 5.74) is 0. The van der Waals surface area contributed by atoms with Gasteiger partial charge in [-0.25, -0.2) is 0 Å². The third-order valence-corrected chi connectivity index (χ3v) is 6.65. The Morgan fingerprint density at radius 1 is 0.500 bits per heavy atom. The highest BCUT2D eigenvalue weighted by atomic mass is 16.8. The highest BCUT2D eigenvalue weighted by Gasteiger charge is 2.69. The fraction of sp³-hybridized carbons (Fsp3) is 1.00. The lowest BCUT2D eigenvalue weighted by molar-refractivity contribution is -0.510. The van der Waals surface area contributed by atoms with Gasteiger partial charge < -0.3 is 48.1 Å². The zero-order valence-corrected chi connectivity index (χ0v) is 17.6. The van der Waals surface area contributed by atoms with Crippen LogP contribution in [0.25, 0.3) is 0 Å². The number of hydrogen-bond acceptors (Lipinski definition) is 10. The van der Waals surface area contributed by atoms with Crippen molar-refractivity contribution in [2.45, 2.75) is 87.5 Å². The van der Waals surface area contributed by atoms with Crippen LogP contribution in [0, 0.1) is 0 Å². The molecule has 0 unspecified atom stereocenters. The van der Waals surface area contributed by atoms with E-state index in [9.17, 15) is 10.2 Å². The van der Waals surface area contributed by atoms with Crippen molar-refractivity contribution in [3.63, 3.8) is 0 Å². The van der Waals surface area contributed by atoms with Crippen LogP contribution in [0.15, 0.2) is 0 Å². The van der Waals surface area contributed by atoms with E-state index >= 15 is 0 Å². The normalized spacial score (nSPS) is 56.8. The summed E-state index contributed by atoms with van der Waals surface area (Å²) in [4.78, 5) is 0. The van der Waals surface area contributed by atoms with Crippen molar-refractivity contribution < 1.29 is 48.1 Å². The second kappa shape index (κ2) is 7.09. The van der Waals surface area contributed by atoms with Crippen molar-refractivity contribution >= 4 is 0 Å². The van der Waals surface area contributed by atoms with E-state index in [1.807, 2.05) is 0 Å². The summed E-state index contributed by atoms with van der Waals surface area (Å²) in [6.45, 7) is 6.60. The largest absolute Gasteiger partial charge is 0.387 e. The summed E-state index contributed by atoms with van der Waals surface area (Å²) in [5.74, 6) is -5.30. The molecular formula is C18H32O10. The van der Waals surface area contributed by atoms with Crippen LogP contribution in [-0.4, -0.2) is 98.4 Å². The van der Waals surface area contributed by atoms with Gasteiger partial charge in [0, 0.05) is 28.4 Å². The fourth-order valence-electron chi connectivity index (χ4n) is 4.09. The Labute approximate surface area is 164 Å². The average Bonchev–Trinajstić information content (AvgIpc) is 2.69. The predicted molar refractivity (Wildman–Crippen MR) is 93.2 cm³/mol. The van der Waals surface area contributed by atoms with E-state index in [0.29, 0.717) is 0 Å². The van der Waals surface area contributed by atoms with Crippen molar-refractivity contribution in [1.29, 1.82) is 0 Å². The first-order chi connectivity index (χ1) is 12.9. The lowest BCUT2D eigenvalue weighted by Gasteiger charge is -2.61. The molecule has 0 radical (unpaired) electrons. The molecule has 0 aromatic carbocycles. The summed E-state index contributed by atoms with van der Waals surface area (Å²) < 4.78 is 46.6. The van der Waals surface area contributed by atoms with Crippen LogP contribution in [0.4, 0.5) is 0 Å². The first kappa shape index (κ1) is 22.3. The molecule has 2 N–H and O–H groups in total.